The molecule has 1 amide bonds. The van der Waals surface area contributed by atoms with E-state index < -0.39 is 6.10 Å². The number of rotatable bonds is 6. The van der Waals surface area contributed by atoms with Gasteiger partial charge in [-0.15, -0.1) is 0 Å². The summed E-state index contributed by atoms with van der Waals surface area (Å²) in [6.07, 6.45) is 1.70. The first-order valence-corrected chi connectivity index (χ1v) is 7.79. The Kier molecular flexibility index (Phi) is 6.38. The van der Waals surface area contributed by atoms with Crippen LogP contribution in [0.3, 0.4) is 0 Å². The van der Waals surface area contributed by atoms with Gasteiger partial charge in [0.2, 0.25) is 5.91 Å². The van der Waals surface area contributed by atoms with Crippen molar-refractivity contribution >= 4 is 5.91 Å². The Labute approximate surface area is 131 Å². The van der Waals surface area contributed by atoms with Crippen molar-refractivity contribution in [3.63, 3.8) is 0 Å². The zero-order valence-electron chi connectivity index (χ0n) is 12.7. The van der Waals surface area contributed by atoms with E-state index in [0.717, 1.165) is 31.5 Å². The van der Waals surface area contributed by atoms with Gasteiger partial charge < -0.3 is 10.4 Å². The normalized spacial score (nSPS) is 17.6. The molecular formula is C17H23N3O2. The topological polar surface area (TPSA) is 76.4 Å². The van der Waals surface area contributed by atoms with Gasteiger partial charge >= 0.3 is 0 Å². The molecule has 1 aliphatic heterocycles. The standard InChI is InChI=1S/C17H23N3O2/c18-9-4-10-19-16(21)13-20-11-7-15(8-12-20)17(22)14-5-2-1-3-6-14/h1-3,5-6,15,17,22H,4,7-8,10-13H2,(H,19,21)/t17-/m1/s1. The number of amides is 1. The molecule has 22 heavy (non-hydrogen) atoms. The van der Waals surface area contributed by atoms with Crippen molar-refractivity contribution < 1.29 is 9.90 Å². The highest BCUT2D eigenvalue weighted by atomic mass is 16.3. The van der Waals surface area contributed by atoms with Gasteiger partial charge in [0.25, 0.3) is 0 Å². The van der Waals surface area contributed by atoms with Crippen LogP contribution >= 0.6 is 0 Å². The molecule has 5 nitrogen and oxygen atoms in total. The molecule has 1 heterocycles. The zero-order valence-corrected chi connectivity index (χ0v) is 12.7. The summed E-state index contributed by atoms with van der Waals surface area (Å²) < 4.78 is 0. The molecule has 1 atom stereocenters. The van der Waals surface area contributed by atoms with E-state index in [0.29, 0.717) is 19.5 Å². The molecule has 5 heteroatoms. The summed E-state index contributed by atoms with van der Waals surface area (Å²) in [6, 6.07) is 11.8. The molecule has 118 valence electrons. The van der Waals surface area contributed by atoms with Gasteiger partial charge in [0.05, 0.1) is 25.1 Å². The first kappa shape index (κ1) is 16.5. The Morgan fingerprint density at radius 1 is 1.36 bits per heavy atom. The Morgan fingerprint density at radius 3 is 2.68 bits per heavy atom. The maximum atomic E-state index is 11.7. The molecule has 0 radical (unpaired) electrons. The monoisotopic (exact) mass is 301 g/mol. The predicted octanol–water partition coefficient (Wildman–Crippen LogP) is 1.46. The van der Waals surface area contributed by atoms with Crippen molar-refractivity contribution in [2.24, 2.45) is 5.92 Å². The van der Waals surface area contributed by atoms with Gasteiger partial charge in [-0.1, -0.05) is 30.3 Å². The van der Waals surface area contributed by atoms with E-state index in [9.17, 15) is 9.90 Å². The van der Waals surface area contributed by atoms with Crippen LogP contribution in [-0.4, -0.2) is 42.1 Å². The van der Waals surface area contributed by atoms with E-state index in [1.807, 2.05) is 36.4 Å². The number of nitriles is 1. The second-order valence-corrected chi connectivity index (χ2v) is 5.73. The lowest BCUT2D eigenvalue weighted by Gasteiger charge is -2.33. The number of carbonyl (C=O) groups is 1. The molecule has 2 rings (SSSR count). The maximum absolute atomic E-state index is 11.7. The molecule has 1 aromatic rings. The summed E-state index contributed by atoms with van der Waals surface area (Å²) in [7, 11) is 0. The number of hydrogen-bond donors (Lipinski definition) is 2. The molecule has 1 aliphatic rings. The number of nitrogens with one attached hydrogen (secondary N) is 1. The van der Waals surface area contributed by atoms with Crippen LogP contribution < -0.4 is 5.32 Å². The number of piperidine rings is 1. The molecule has 0 bridgehead atoms. The van der Waals surface area contributed by atoms with Crippen molar-refractivity contribution in [2.75, 3.05) is 26.2 Å². The first-order valence-electron chi connectivity index (χ1n) is 7.79. The smallest absolute Gasteiger partial charge is 0.234 e. The largest absolute Gasteiger partial charge is 0.388 e. The molecule has 0 aromatic heterocycles. The first-order chi connectivity index (χ1) is 10.7. The molecular weight excluding hydrogens is 278 g/mol. The van der Waals surface area contributed by atoms with Gasteiger partial charge in [-0.05, 0) is 37.4 Å². The summed E-state index contributed by atoms with van der Waals surface area (Å²) in [6.45, 7) is 2.43. The number of nitrogens with zero attached hydrogens (tertiary/aromatic N) is 2. The number of aliphatic hydroxyl groups is 1. The summed E-state index contributed by atoms with van der Waals surface area (Å²) >= 11 is 0. The Balaban J connectivity index is 1.74. The summed E-state index contributed by atoms with van der Waals surface area (Å²) in [5.74, 6) is 0.220. The molecule has 1 fully saturated rings. The lowest BCUT2D eigenvalue weighted by Crippen LogP contribution is -2.42. The van der Waals surface area contributed by atoms with Crippen molar-refractivity contribution in [1.82, 2.24) is 10.2 Å². The predicted molar refractivity (Wildman–Crippen MR) is 83.8 cm³/mol. The molecule has 1 aromatic carbocycles. The van der Waals surface area contributed by atoms with Gasteiger partial charge in [-0.3, -0.25) is 9.69 Å². The molecule has 0 spiro atoms. The van der Waals surface area contributed by atoms with E-state index >= 15 is 0 Å². The second-order valence-electron chi connectivity index (χ2n) is 5.73. The fourth-order valence-corrected chi connectivity index (χ4v) is 2.87. The Bertz CT molecular complexity index is 504. The van der Waals surface area contributed by atoms with Gasteiger partial charge in [0, 0.05) is 6.54 Å². The molecule has 0 unspecified atom stereocenters. The second kappa shape index (κ2) is 8.52. The maximum Gasteiger partial charge on any atom is 0.234 e. The van der Waals surface area contributed by atoms with Gasteiger partial charge in [-0.25, -0.2) is 0 Å². The van der Waals surface area contributed by atoms with Crippen molar-refractivity contribution in [1.29, 1.82) is 5.26 Å². The molecule has 2 N–H and O–H groups in total. The molecule has 0 saturated carbocycles. The highest BCUT2D eigenvalue weighted by Crippen LogP contribution is 2.30. The van der Waals surface area contributed by atoms with E-state index in [4.69, 9.17) is 5.26 Å². The van der Waals surface area contributed by atoms with Crippen molar-refractivity contribution in [2.45, 2.75) is 25.4 Å². The summed E-state index contributed by atoms with van der Waals surface area (Å²) in [5.41, 5.74) is 0.968. The third-order valence-electron chi connectivity index (χ3n) is 4.15. The van der Waals surface area contributed by atoms with E-state index in [2.05, 4.69) is 10.2 Å². The van der Waals surface area contributed by atoms with Crippen LogP contribution in [0.4, 0.5) is 0 Å². The fourth-order valence-electron chi connectivity index (χ4n) is 2.87. The number of benzene rings is 1. The number of hydrogen-bond acceptors (Lipinski definition) is 4. The minimum Gasteiger partial charge on any atom is -0.388 e. The summed E-state index contributed by atoms with van der Waals surface area (Å²) in [5, 5.41) is 21.6. The SMILES string of the molecule is N#CCCNC(=O)CN1CCC([C@H](O)c2ccccc2)CC1. The Hall–Kier alpha value is -1.90. The Morgan fingerprint density at radius 2 is 2.05 bits per heavy atom. The van der Waals surface area contributed by atoms with Crippen LogP contribution in [0.25, 0.3) is 0 Å². The van der Waals surface area contributed by atoms with Crippen LogP contribution in [0, 0.1) is 17.2 Å². The van der Waals surface area contributed by atoms with Crippen LogP contribution in [0.1, 0.15) is 30.9 Å². The third-order valence-corrected chi connectivity index (χ3v) is 4.15. The highest BCUT2D eigenvalue weighted by Gasteiger charge is 2.26. The fraction of sp³-hybridized carbons (Fsp3) is 0.529. The van der Waals surface area contributed by atoms with Crippen molar-refractivity contribution in [3.05, 3.63) is 35.9 Å². The summed E-state index contributed by atoms with van der Waals surface area (Å²) in [4.78, 5) is 13.8. The zero-order chi connectivity index (χ0) is 15.8. The quantitative estimate of drug-likeness (QED) is 0.780. The van der Waals surface area contributed by atoms with Gasteiger partial charge in [0.1, 0.15) is 0 Å². The van der Waals surface area contributed by atoms with Crippen LogP contribution in [0.2, 0.25) is 0 Å². The minimum atomic E-state index is -0.423. The number of aliphatic hydroxyl groups excluding tert-OH is 1. The third kappa shape index (κ3) is 4.83. The lowest BCUT2D eigenvalue weighted by molar-refractivity contribution is -0.122. The minimum absolute atomic E-state index is 0.0303. The average molecular weight is 301 g/mol. The number of carbonyl (C=O) groups excluding carboxylic acids is 1. The van der Waals surface area contributed by atoms with Crippen molar-refractivity contribution in [3.8, 4) is 6.07 Å². The average Bonchev–Trinajstić information content (AvgIpc) is 2.56. The van der Waals surface area contributed by atoms with E-state index in [1.165, 1.54) is 0 Å². The molecule has 1 saturated heterocycles. The highest BCUT2D eigenvalue weighted by molar-refractivity contribution is 5.78. The van der Waals surface area contributed by atoms with Gasteiger partial charge in [0.15, 0.2) is 0 Å². The van der Waals surface area contributed by atoms with Crippen LogP contribution in [0.15, 0.2) is 30.3 Å². The van der Waals surface area contributed by atoms with E-state index in [1.54, 1.807) is 0 Å². The van der Waals surface area contributed by atoms with Crippen LogP contribution in [0.5, 0.6) is 0 Å². The van der Waals surface area contributed by atoms with Gasteiger partial charge in [-0.2, -0.15) is 5.26 Å². The molecule has 0 aliphatic carbocycles. The number of likely N-dealkylation sites (tertiary alicyclic amines) is 1. The van der Waals surface area contributed by atoms with E-state index in [-0.39, 0.29) is 11.8 Å². The lowest BCUT2D eigenvalue weighted by atomic mass is 9.87. The van der Waals surface area contributed by atoms with Crippen LogP contribution in [-0.2, 0) is 4.79 Å².